The van der Waals surface area contributed by atoms with E-state index in [1.807, 2.05) is 13.8 Å². The first-order chi connectivity index (χ1) is 8.71. The molecule has 19 heavy (non-hydrogen) atoms. The van der Waals surface area contributed by atoms with Crippen LogP contribution in [0.4, 0.5) is 8.78 Å². The molecule has 0 amide bonds. The molecule has 2 atom stereocenters. The molecule has 106 valence electrons. The Bertz CT molecular complexity index is 588. The van der Waals surface area contributed by atoms with E-state index in [9.17, 15) is 17.2 Å². The van der Waals surface area contributed by atoms with E-state index < -0.39 is 27.0 Å². The molecule has 1 aliphatic heterocycles. The van der Waals surface area contributed by atoms with Crippen molar-refractivity contribution in [3.05, 3.63) is 35.4 Å². The molecule has 1 aliphatic rings. The molecule has 6 heteroatoms. The third-order valence-corrected chi connectivity index (χ3v) is 5.42. The molecule has 0 bridgehead atoms. The van der Waals surface area contributed by atoms with E-state index in [0.717, 1.165) is 12.1 Å². The number of rotatable bonds is 3. The fraction of sp³-hybridized carbons (Fsp3) is 0.538. The Morgan fingerprint density at radius 2 is 2.00 bits per heavy atom. The minimum atomic E-state index is -2.99. The van der Waals surface area contributed by atoms with Crippen LogP contribution >= 0.6 is 0 Å². The summed E-state index contributed by atoms with van der Waals surface area (Å²) in [6, 6.07) is 3.48. The third kappa shape index (κ3) is 3.30. The lowest BCUT2D eigenvalue weighted by Crippen LogP contribution is -2.44. The van der Waals surface area contributed by atoms with Gasteiger partial charge in [0.1, 0.15) is 0 Å². The van der Waals surface area contributed by atoms with Gasteiger partial charge in [-0.2, -0.15) is 0 Å². The summed E-state index contributed by atoms with van der Waals surface area (Å²) < 4.78 is 49.1. The molecule has 0 radical (unpaired) electrons. The van der Waals surface area contributed by atoms with Crippen molar-refractivity contribution in [3.63, 3.8) is 0 Å². The van der Waals surface area contributed by atoms with Gasteiger partial charge in [0.25, 0.3) is 0 Å². The Hall–Kier alpha value is -1.01. The van der Waals surface area contributed by atoms with Crippen LogP contribution in [-0.4, -0.2) is 25.5 Å². The molecule has 1 aromatic rings. The SMILES string of the molecule is CC(NC1(C)CCS(=O)(=O)C1)c1ccc(F)c(F)c1. The van der Waals surface area contributed by atoms with Crippen molar-refractivity contribution >= 4 is 9.84 Å². The van der Waals surface area contributed by atoms with Gasteiger partial charge in [-0.15, -0.1) is 0 Å². The van der Waals surface area contributed by atoms with E-state index in [1.165, 1.54) is 6.07 Å². The Morgan fingerprint density at radius 3 is 2.53 bits per heavy atom. The molecule has 0 spiro atoms. The second-order valence-corrected chi connectivity index (χ2v) is 7.63. The Kier molecular flexibility index (Phi) is 3.66. The van der Waals surface area contributed by atoms with E-state index in [4.69, 9.17) is 0 Å². The zero-order chi connectivity index (χ0) is 14.3. The fourth-order valence-corrected chi connectivity index (χ4v) is 4.62. The van der Waals surface area contributed by atoms with Gasteiger partial charge in [0, 0.05) is 11.6 Å². The van der Waals surface area contributed by atoms with Crippen LogP contribution in [0.3, 0.4) is 0 Å². The lowest BCUT2D eigenvalue weighted by atomic mass is 9.98. The first-order valence-electron chi connectivity index (χ1n) is 6.14. The van der Waals surface area contributed by atoms with Gasteiger partial charge in [0.2, 0.25) is 0 Å². The van der Waals surface area contributed by atoms with E-state index in [-0.39, 0.29) is 17.5 Å². The summed E-state index contributed by atoms with van der Waals surface area (Å²) in [6.45, 7) is 3.65. The molecule has 1 aromatic carbocycles. The van der Waals surface area contributed by atoms with E-state index >= 15 is 0 Å². The van der Waals surface area contributed by atoms with Crippen LogP contribution in [-0.2, 0) is 9.84 Å². The van der Waals surface area contributed by atoms with Crippen molar-refractivity contribution in [1.29, 1.82) is 0 Å². The molecule has 0 aliphatic carbocycles. The molecule has 2 rings (SSSR count). The fourth-order valence-electron chi connectivity index (χ4n) is 2.51. The van der Waals surface area contributed by atoms with Gasteiger partial charge in [0.05, 0.1) is 11.5 Å². The van der Waals surface area contributed by atoms with Crippen molar-refractivity contribution in [2.75, 3.05) is 11.5 Å². The molecule has 1 heterocycles. The number of sulfone groups is 1. The Morgan fingerprint density at radius 1 is 1.32 bits per heavy atom. The van der Waals surface area contributed by atoms with Gasteiger partial charge in [0.15, 0.2) is 21.5 Å². The molecular weight excluding hydrogens is 272 g/mol. The molecule has 3 nitrogen and oxygen atoms in total. The quantitative estimate of drug-likeness (QED) is 0.928. The standard InChI is InChI=1S/C13H17F2NO2S/c1-9(10-3-4-11(14)12(15)7-10)16-13(2)5-6-19(17,18)8-13/h3-4,7,9,16H,5-6,8H2,1-2H3. The smallest absolute Gasteiger partial charge is 0.159 e. The summed E-state index contributed by atoms with van der Waals surface area (Å²) in [6.07, 6.45) is 0.531. The monoisotopic (exact) mass is 289 g/mol. The molecular formula is C13H17F2NO2S. The van der Waals surface area contributed by atoms with Crippen LogP contribution in [0.25, 0.3) is 0 Å². The summed E-state index contributed by atoms with van der Waals surface area (Å²) in [5.41, 5.74) is 0.0905. The number of hydrogen-bond acceptors (Lipinski definition) is 3. The van der Waals surface area contributed by atoms with E-state index in [0.29, 0.717) is 12.0 Å². The Balaban J connectivity index is 2.13. The van der Waals surface area contributed by atoms with Gasteiger partial charge in [-0.1, -0.05) is 6.07 Å². The second-order valence-electron chi connectivity index (χ2n) is 5.44. The highest BCUT2D eigenvalue weighted by Crippen LogP contribution is 2.27. The number of halogens is 2. The van der Waals surface area contributed by atoms with Crippen molar-refractivity contribution in [2.45, 2.75) is 31.8 Å². The van der Waals surface area contributed by atoms with Gasteiger partial charge in [-0.05, 0) is 38.0 Å². The zero-order valence-corrected chi connectivity index (χ0v) is 11.7. The van der Waals surface area contributed by atoms with Crippen LogP contribution in [0.15, 0.2) is 18.2 Å². The molecule has 1 N–H and O–H groups in total. The average molecular weight is 289 g/mol. The second kappa shape index (κ2) is 4.83. The van der Waals surface area contributed by atoms with Crippen LogP contribution < -0.4 is 5.32 Å². The summed E-state index contributed by atoms with van der Waals surface area (Å²) in [7, 11) is -2.99. The van der Waals surface area contributed by atoms with E-state index in [2.05, 4.69) is 5.32 Å². The topological polar surface area (TPSA) is 46.2 Å². The maximum absolute atomic E-state index is 13.2. The molecule has 1 fully saturated rings. The van der Waals surface area contributed by atoms with Crippen molar-refractivity contribution in [3.8, 4) is 0 Å². The van der Waals surface area contributed by atoms with Crippen LogP contribution in [0.1, 0.15) is 31.9 Å². The van der Waals surface area contributed by atoms with Crippen LogP contribution in [0.2, 0.25) is 0 Å². The van der Waals surface area contributed by atoms with Crippen molar-refractivity contribution in [1.82, 2.24) is 5.32 Å². The first kappa shape index (κ1) is 14.4. The third-order valence-electron chi connectivity index (χ3n) is 3.51. The summed E-state index contributed by atoms with van der Waals surface area (Å²) in [5.74, 6) is -1.53. The number of nitrogens with one attached hydrogen (secondary N) is 1. The van der Waals surface area contributed by atoms with E-state index in [1.54, 1.807) is 0 Å². The van der Waals surface area contributed by atoms with Gasteiger partial charge in [-0.3, -0.25) is 0 Å². The molecule has 1 saturated heterocycles. The molecule has 2 unspecified atom stereocenters. The predicted molar refractivity (Wildman–Crippen MR) is 69.6 cm³/mol. The summed E-state index contributed by atoms with van der Waals surface area (Å²) in [4.78, 5) is 0. The van der Waals surface area contributed by atoms with Crippen LogP contribution in [0, 0.1) is 11.6 Å². The lowest BCUT2D eigenvalue weighted by Gasteiger charge is -2.29. The first-order valence-corrected chi connectivity index (χ1v) is 7.96. The highest BCUT2D eigenvalue weighted by atomic mass is 32.2. The Labute approximate surface area is 111 Å². The maximum Gasteiger partial charge on any atom is 0.159 e. The van der Waals surface area contributed by atoms with Crippen molar-refractivity contribution < 1.29 is 17.2 Å². The lowest BCUT2D eigenvalue weighted by molar-refractivity contribution is 0.354. The minimum absolute atomic E-state index is 0.0774. The molecule has 0 saturated carbocycles. The zero-order valence-electron chi connectivity index (χ0n) is 10.9. The largest absolute Gasteiger partial charge is 0.304 e. The minimum Gasteiger partial charge on any atom is -0.304 e. The number of hydrogen-bond donors (Lipinski definition) is 1. The van der Waals surface area contributed by atoms with Gasteiger partial charge in [-0.25, -0.2) is 17.2 Å². The van der Waals surface area contributed by atoms with Crippen molar-refractivity contribution in [2.24, 2.45) is 0 Å². The van der Waals surface area contributed by atoms with Gasteiger partial charge < -0.3 is 5.32 Å². The summed E-state index contributed by atoms with van der Waals surface area (Å²) >= 11 is 0. The molecule has 0 aromatic heterocycles. The number of benzene rings is 1. The highest BCUT2D eigenvalue weighted by Gasteiger charge is 2.39. The predicted octanol–water partition coefficient (Wildman–Crippen LogP) is 2.19. The summed E-state index contributed by atoms with van der Waals surface area (Å²) in [5, 5.41) is 3.21. The average Bonchev–Trinajstić information content (AvgIpc) is 2.56. The van der Waals surface area contributed by atoms with Gasteiger partial charge >= 0.3 is 0 Å². The normalized spacial score (nSPS) is 27.4. The maximum atomic E-state index is 13.2. The highest BCUT2D eigenvalue weighted by molar-refractivity contribution is 7.91. The van der Waals surface area contributed by atoms with Crippen LogP contribution in [0.5, 0.6) is 0 Å².